The van der Waals surface area contributed by atoms with Crippen molar-refractivity contribution >= 4 is 29.4 Å². The first-order valence-electron chi connectivity index (χ1n) is 5.12. The summed E-state index contributed by atoms with van der Waals surface area (Å²) in [5.41, 5.74) is -0.293. The van der Waals surface area contributed by atoms with Crippen LogP contribution in [0.3, 0.4) is 0 Å². The van der Waals surface area contributed by atoms with Crippen LogP contribution in [0.15, 0.2) is 18.2 Å². The molecule has 0 aliphatic carbocycles. The number of aliphatic carboxylic acids is 1. The van der Waals surface area contributed by atoms with E-state index in [-0.39, 0.29) is 10.6 Å². The second kappa shape index (κ2) is 6.69. The van der Waals surface area contributed by atoms with Gasteiger partial charge < -0.3 is 15.7 Å². The van der Waals surface area contributed by atoms with Gasteiger partial charge in [-0.05, 0) is 12.1 Å². The van der Waals surface area contributed by atoms with Crippen LogP contribution in [-0.2, 0) is 9.59 Å². The quantitative estimate of drug-likeness (QED) is 0.731. The van der Waals surface area contributed by atoms with Gasteiger partial charge in [-0.2, -0.15) is 0 Å². The summed E-state index contributed by atoms with van der Waals surface area (Å²) in [5, 5.41) is 12.3. The molecule has 0 atom stereocenters. The van der Waals surface area contributed by atoms with Crippen molar-refractivity contribution in [1.82, 2.24) is 10.6 Å². The summed E-state index contributed by atoms with van der Waals surface area (Å²) >= 11 is 5.51. The lowest BCUT2D eigenvalue weighted by Gasteiger charge is -2.06. The molecule has 0 saturated heterocycles. The van der Waals surface area contributed by atoms with Gasteiger partial charge >= 0.3 is 5.97 Å². The number of nitrogens with one attached hydrogen (secondary N) is 2. The van der Waals surface area contributed by atoms with Gasteiger partial charge in [0.25, 0.3) is 5.91 Å². The third-order valence-electron chi connectivity index (χ3n) is 2.04. The maximum atomic E-state index is 13.5. The van der Waals surface area contributed by atoms with Crippen molar-refractivity contribution in [1.29, 1.82) is 0 Å². The Kier molecular flexibility index (Phi) is 5.25. The summed E-state index contributed by atoms with van der Waals surface area (Å²) in [6.07, 6.45) is 0. The molecule has 0 bridgehead atoms. The molecule has 1 aromatic carbocycles. The number of halogens is 2. The van der Waals surface area contributed by atoms with Crippen molar-refractivity contribution in [2.24, 2.45) is 0 Å². The van der Waals surface area contributed by atoms with Gasteiger partial charge in [0.1, 0.15) is 6.54 Å². The minimum atomic E-state index is -1.21. The van der Waals surface area contributed by atoms with E-state index in [9.17, 15) is 18.8 Å². The minimum absolute atomic E-state index is 0.206. The summed E-state index contributed by atoms with van der Waals surface area (Å²) in [6, 6.07) is 3.89. The Balaban J connectivity index is 2.54. The average molecular weight is 289 g/mol. The summed E-state index contributed by atoms with van der Waals surface area (Å²) in [6.45, 7) is -1.02. The maximum absolute atomic E-state index is 13.5. The van der Waals surface area contributed by atoms with Gasteiger partial charge in [-0.1, -0.05) is 17.7 Å². The lowest BCUT2D eigenvalue weighted by Crippen LogP contribution is -2.39. The van der Waals surface area contributed by atoms with Crippen molar-refractivity contribution in [3.05, 3.63) is 34.6 Å². The number of carbonyl (C=O) groups is 3. The molecule has 0 saturated carbocycles. The van der Waals surface area contributed by atoms with Crippen molar-refractivity contribution < 1.29 is 23.9 Å². The first kappa shape index (κ1) is 14.9. The highest BCUT2D eigenvalue weighted by Crippen LogP contribution is 2.17. The molecular formula is C11H10ClFN2O4. The number of carboxylic acids is 1. The van der Waals surface area contributed by atoms with Crippen LogP contribution in [-0.4, -0.2) is 36.0 Å². The molecule has 3 N–H and O–H groups in total. The molecule has 19 heavy (non-hydrogen) atoms. The van der Waals surface area contributed by atoms with E-state index < -0.39 is 36.7 Å². The van der Waals surface area contributed by atoms with E-state index >= 15 is 0 Å². The third-order valence-corrected chi connectivity index (χ3v) is 2.33. The van der Waals surface area contributed by atoms with E-state index in [1.165, 1.54) is 18.2 Å². The number of carboxylic acid groups (broad SMARTS) is 1. The number of rotatable bonds is 5. The van der Waals surface area contributed by atoms with Crippen LogP contribution in [0.1, 0.15) is 10.4 Å². The zero-order valence-corrected chi connectivity index (χ0v) is 10.3. The Morgan fingerprint density at radius 2 is 1.89 bits per heavy atom. The summed E-state index contributed by atoms with van der Waals surface area (Å²) in [4.78, 5) is 32.9. The van der Waals surface area contributed by atoms with Crippen molar-refractivity contribution in [3.8, 4) is 0 Å². The molecule has 0 aliphatic rings. The van der Waals surface area contributed by atoms with E-state index in [1.54, 1.807) is 0 Å². The number of amides is 2. The van der Waals surface area contributed by atoms with Gasteiger partial charge in [0.05, 0.1) is 17.1 Å². The first-order chi connectivity index (χ1) is 8.91. The highest BCUT2D eigenvalue weighted by atomic mass is 35.5. The molecule has 8 heteroatoms. The van der Waals surface area contributed by atoms with Gasteiger partial charge in [-0.25, -0.2) is 4.39 Å². The number of carbonyl (C=O) groups excluding carboxylic acids is 2. The van der Waals surface area contributed by atoms with Crippen LogP contribution in [0.4, 0.5) is 4.39 Å². The molecule has 0 fully saturated rings. The lowest BCUT2D eigenvalue weighted by molar-refractivity contribution is -0.137. The van der Waals surface area contributed by atoms with E-state index in [0.717, 1.165) is 0 Å². The Labute approximate surface area is 112 Å². The van der Waals surface area contributed by atoms with E-state index in [1.807, 2.05) is 5.32 Å². The Bertz CT molecular complexity index is 521. The molecule has 0 heterocycles. The normalized spacial score (nSPS) is 9.79. The van der Waals surface area contributed by atoms with Crippen molar-refractivity contribution in [2.45, 2.75) is 0 Å². The van der Waals surface area contributed by atoms with Crippen LogP contribution in [0.2, 0.25) is 5.02 Å². The zero-order chi connectivity index (χ0) is 14.4. The molecule has 0 radical (unpaired) electrons. The van der Waals surface area contributed by atoms with Gasteiger partial charge in [-0.3, -0.25) is 14.4 Å². The summed E-state index contributed by atoms with van der Waals surface area (Å²) in [7, 11) is 0. The molecule has 0 aromatic heterocycles. The van der Waals surface area contributed by atoms with Crippen LogP contribution in [0, 0.1) is 5.82 Å². The molecule has 6 nitrogen and oxygen atoms in total. The van der Waals surface area contributed by atoms with Crippen LogP contribution >= 0.6 is 11.6 Å². The fourth-order valence-electron chi connectivity index (χ4n) is 1.17. The fraction of sp³-hybridized carbons (Fsp3) is 0.182. The molecule has 0 unspecified atom stereocenters. The fourth-order valence-corrected chi connectivity index (χ4v) is 1.35. The van der Waals surface area contributed by atoms with E-state index in [2.05, 4.69) is 5.32 Å². The van der Waals surface area contributed by atoms with Gasteiger partial charge in [0.15, 0.2) is 5.82 Å². The SMILES string of the molecule is O=C(O)CNC(=O)CNC(=O)c1cccc(Cl)c1F. The maximum Gasteiger partial charge on any atom is 0.322 e. The van der Waals surface area contributed by atoms with Gasteiger partial charge in [0.2, 0.25) is 5.91 Å². The van der Waals surface area contributed by atoms with Crippen LogP contribution in [0.25, 0.3) is 0 Å². The van der Waals surface area contributed by atoms with E-state index in [0.29, 0.717) is 0 Å². The smallest absolute Gasteiger partial charge is 0.322 e. The molecular weight excluding hydrogens is 279 g/mol. The zero-order valence-electron chi connectivity index (χ0n) is 9.57. The molecule has 102 valence electrons. The number of hydrogen-bond donors (Lipinski definition) is 3. The summed E-state index contributed by atoms with van der Waals surface area (Å²) < 4.78 is 13.5. The Morgan fingerprint density at radius 1 is 1.21 bits per heavy atom. The van der Waals surface area contributed by atoms with Crippen LogP contribution < -0.4 is 10.6 Å². The molecule has 1 aromatic rings. The van der Waals surface area contributed by atoms with Crippen molar-refractivity contribution in [3.63, 3.8) is 0 Å². The monoisotopic (exact) mass is 288 g/mol. The molecule has 0 aliphatic heterocycles. The largest absolute Gasteiger partial charge is 0.480 e. The standard InChI is InChI=1S/C11H10ClFN2O4/c12-7-3-1-2-6(10(7)13)11(19)15-4-8(16)14-5-9(17)18/h1-3H,4-5H2,(H,14,16)(H,15,19)(H,17,18). The summed E-state index contributed by atoms with van der Waals surface area (Å²) in [5.74, 6) is -3.60. The number of benzene rings is 1. The minimum Gasteiger partial charge on any atom is -0.480 e. The Hall–Kier alpha value is -2.15. The highest BCUT2D eigenvalue weighted by Gasteiger charge is 2.14. The van der Waals surface area contributed by atoms with Crippen molar-refractivity contribution in [2.75, 3.05) is 13.1 Å². The predicted octanol–water partition coefficient (Wildman–Crippen LogP) is 0.410. The topological polar surface area (TPSA) is 95.5 Å². The van der Waals surface area contributed by atoms with Gasteiger partial charge in [-0.15, -0.1) is 0 Å². The predicted molar refractivity (Wildman–Crippen MR) is 64.4 cm³/mol. The number of hydrogen-bond acceptors (Lipinski definition) is 3. The Morgan fingerprint density at radius 3 is 2.53 bits per heavy atom. The second-order valence-electron chi connectivity index (χ2n) is 3.45. The molecule has 2 amide bonds. The second-order valence-corrected chi connectivity index (χ2v) is 3.86. The average Bonchev–Trinajstić information content (AvgIpc) is 2.36. The first-order valence-corrected chi connectivity index (χ1v) is 5.50. The van der Waals surface area contributed by atoms with Gasteiger partial charge in [0, 0.05) is 0 Å². The van der Waals surface area contributed by atoms with Crippen LogP contribution in [0.5, 0.6) is 0 Å². The lowest BCUT2D eigenvalue weighted by atomic mass is 10.2. The third kappa shape index (κ3) is 4.55. The highest BCUT2D eigenvalue weighted by molar-refractivity contribution is 6.31. The molecule has 0 spiro atoms. The molecule has 1 rings (SSSR count). The van der Waals surface area contributed by atoms with E-state index in [4.69, 9.17) is 16.7 Å².